The zero-order valence-corrected chi connectivity index (χ0v) is 10.7. The largest absolute Gasteiger partial charge is 0.319 e. The van der Waals surface area contributed by atoms with Crippen molar-refractivity contribution in [2.75, 3.05) is 13.6 Å². The summed E-state index contributed by atoms with van der Waals surface area (Å²) in [6, 6.07) is 0. The number of aryl methyl sites for hydroxylation is 1. The molecule has 3 heteroatoms. The van der Waals surface area contributed by atoms with Crippen molar-refractivity contribution >= 4 is 11.3 Å². The molecule has 1 heterocycles. The lowest BCUT2D eigenvalue weighted by Gasteiger charge is -2.28. The molecule has 1 aromatic heterocycles. The van der Waals surface area contributed by atoms with Crippen molar-refractivity contribution in [1.29, 1.82) is 0 Å². The van der Waals surface area contributed by atoms with Crippen molar-refractivity contribution in [3.05, 3.63) is 15.6 Å². The van der Waals surface area contributed by atoms with Gasteiger partial charge >= 0.3 is 0 Å². The second-order valence-corrected chi connectivity index (χ2v) is 6.34. The summed E-state index contributed by atoms with van der Waals surface area (Å²) in [6.07, 6.45) is 4.77. The third-order valence-electron chi connectivity index (χ3n) is 3.09. The minimum Gasteiger partial charge on any atom is -0.319 e. The zero-order valence-electron chi connectivity index (χ0n) is 9.89. The molecule has 1 aliphatic carbocycles. The number of hydrogen-bond donors (Lipinski definition) is 1. The van der Waals surface area contributed by atoms with Crippen LogP contribution in [-0.2, 0) is 19.3 Å². The van der Waals surface area contributed by atoms with Crippen LogP contribution in [0.25, 0.3) is 0 Å². The number of aromatic nitrogens is 1. The second kappa shape index (κ2) is 4.22. The van der Waals surface area contributed by atoms with Crippen molar-refractivity contribution in [2.24, 2.45) is 5.41 Å². The van der Waals surface area contributed by atoms with E-state index in [0.717, 1.165) is 13.0 Å². The zero-order chi connectivity index (χ0) is 10.9. The maximum absolute atomic E-state index is 4.73. The van der Waals surface area contributed by atoms with E-state index in [1.807, 2.05) is 18.4 Å². The summed E-state index contributed by atoms with van der Waals surface area (Å²) in [7, 11) is 2.00. The monoisotopic (exact) mass is 224 g/mol. The van der Waals surface area contributed by atoms with E-state index in [0.29, 0.717) is 5.41 Å². The number of thiazole rings is 1. The highest BCUT2D eigenvalue weighted by Gasteiger charge is 2.27. The third-order valence-corrected chi connectivity index (χ3v) is 4.25. The first-order valence-electron chi connectivity index (χ1n) is 5.73. The van der Waals surface area contributed by atoms with E-state index in [9.17, 15) is 0 Å². The molecule has 0 aromatic carbocycles. The number of rotatable bonds is 3. The average molecular weight is 224 g/mol. The van der Waals surface area contributed by atoms with E-state index in [1.165, 1.54) is 34.8 Å². The standard InChI is InChI=1S/C12H20N2S/c1-12(2)6-4-9-10(8-12)15-11(14-9)5-7-13-3/h13H,4-8H2,1-3H3. The number of fused-ring (bicyclic) bond motifs is 1. The summed E-state index contributed by atoms with van der Waals surface area (Å²) < 4.78 is 0. The third kappa shape index (κ3) is 2.58. The van der Waals surface area contributed by atoms with Crippen LogP contribution in [-0.4, -0.2) is 18.6 Å². The summed E-state index contributed by atoms with van der Waals surface area (Å²) in [5, 5.41) is 4.49. The van der Waals surface area contributed by atoms with Gasteiger partial charge in [0.25, 0.3) is 0 Å². The van der Waals surface area contributed by atoms with Gasteiger partial charge in [-0.3, -0.25) is 0 Å². The van der Waals surface area contributed by atoms with Gasteiger partial charge in [-0.2, -0.15) is 0 Å². The van der Waals surface area contributed by atoms with Gasteiger partial charge in [0.15, 0.2) is 0 Å². The van der Waals surface area contributed by atoms with Crippen LogP contribution in [0.2, 0.25) is 0 Å². The van der Waals surface area contributed by atoms with E-state index < -0.39 is 0 Å². The minimum absolute atomic E-state index is 0.486. The van der Waals surface area contributed by atoms with Gasteiger partial charge in [-0.1, -0.05) is 13.8 Å². The van der Waals surface area contributed by atoms with E-state index in [4.69, 9.17) is 4.98 Å². The lowest BCUT2D eigenvalue weighted by atomic mass is 9.79. The first-order chi connectivity index (χ1) is 7.11. The molecular formula is C12H20N2S. The first kappa shape index (κ1) is 11.1. The van der Waals surface area contributed by atoms with Crippen LogP contribution in [0, 0.1) is 5.41 Å². The SMILES string of the molecule is CNCCc1nc2c(s1)CC(C)(C)CC2. The highest BCUT2D eigenvalue weighted by atomic mass is 32.1. The molecule has 0 aliphatic heterocycles. The molecule has 2 rings (SSSR count). The van der Waals surface area contributed by atoms with E-state index in [1.54, 1.807) is 0 Å². The molecule has 0 radical (unpaired) electrons. The molecule has 1 aromatic rings. The van der Waals surface area contributed by atoms with Gasteiger partial charge in [-0.15, -0.1) is 11.3 Å². The predicted molar refractivity (Wildman–Crippen MR) is 65.6 cm³/mol. The quantitative estimate of drug-likeness (QED) is 0.853. The summed E-state index contributed by atoms with van der Waals surface area (Å²) >= 11 is 1.93. The van der Waals surface area contributed by atoms with Crippen molar-refractivity contribution in [3.63, 3.8) is 0 Å². The van der Waals surface area contributed by atoms with Crippen LogP contribution in [0.15, 0.2) is 0 Å². The molecule has 0 amide bonds. The lowest BCUT2D eigenvalue weighted by molar-refractivity contribution is 0.316. The fraction of sp³-hybridized carbons (Fsp3) is 0.750. The Bertz CT molecular complexity index is 341. The first-order valence-corrected chi connectivity index (χ1v) is 6.54. The number of nitrogens with zero attached hydrogens (tertiary/aromatic N) is 1. The molecule has 15 heavy (non-hydrogen) atoms. The van der Waals surface area contributed by atoms with E-state index in [-0.39, 0.29) is 0 Å². The summed E-state index contributed by atoms with van der Waals surface area (Å²) in [6.45, 7) is 5.77. The average Bonchev–Trinajstić information content (AvgIpc) is 2.55. The Balaban J connectivity index is 2.11. The van der Waals surface area contributed by atoms with Gasteiger partial charge in [0, 0.05) is 17.8 Å². The number of likely N-dealkylation sites (N-methyl/N-ethyl adjacent to an activating group) is 1. The fourth-order valence-electron chi connectivity index (χ4n) is 2.09. The molecule has 0 spiro atoms. The van der Waals surface area contributed by atoms with Crippen LogP contribution in [0.3, 0.4) is 0 Å². The Labute approximate surface area is 96.1 Å². The Morgan fingerprint density at radius 2 is 2.27 bits per heavy atom. The van der Waals surface area contributed by atoms with Crippen LogP contribution in [0.4, 0.5) is 0 Å². The Morgan fingerprint density at radius 3 is 3.00 bits per heavy atom. The molecule has 0 unspecified atom stereocenters. The highest BCUT2D eigenvalue weighted by Crippen LogP contribution is 2.37. The molecule has 2 nitrogen and oxygen atoms in total. The number of nitrogens with one attached hydrogen (secondary N) is 1. The highest BCUT2D eigenvalue weighted by molar-refractivity contribution is 7.11. The lowest BCUT2D eigenvalue weighted by Crippen LogP contribution is -2.20. The van der Waals surface area contributed by atoms with Gasteiger partial charge in [0.2, 0.25) is 0 Å². The molecule has 0 atom stereocenters. The van der Waals surface area contributed by atoms with Crippen molar-refractivity contribution < 1.29 is 0 Å². The molecule has 1 N–H and O–H groups in total. The van der Waals surface area contributed by atoms with E-state index >= 15 is 0 Å². The fourth-order valence-corrected chi connectivity index (χ4v) is 3.46. The van der Waals surface area contributed by atoms with Gasteiger partial charge in [-0.05, 0) is 31.7 Å². The normalized spacial score (nSPS) is 18.9. The van der Waals surface area contributed by atoms with Crippen molar-refractivity contribution in [3.8, 4) is 0 Å². The second-order valence-electron chi connectivity index (χ2n) is 5.17. The van der Waals surface area contributed by atoms with Gasteiger partial charge in [0.05, 0.1) is 10.7 Å². The summed E-state index contributed by atoms with van der Waals surface area (Å²) in [5.41, 5.74) is 1.87. The molecule has 0 saturated carbocycles. The predicted octanol–water partition coefficient (Wildman–Crippen LogP) is 2.42. The molecule has 1 aliphatic rings. The van der Waals surface area contributed by atoms with Gasteiger partial charge in [-0.25, -0.2) is 4.98 Å². The van der Waals surface area contributed by atoms with Crippen LogP contribution in [0.5, 0.6) is 0 Å². The van der Waals surface area contributed by atoms with Gasteiger partial charge < -0.3 is 5.32 Å². The van der Waals surface area contributed by atoms with Crippen molar-refractivity contribution in [2.45, 2.75) is 39.5 Å². The minimum atomic E-state index is 0.486. The Kier molecular flexibility index (Phi) is 3.12. The van der Waals surface area contributed by atoms with Crippen LogP contribution >= 0.6 is 11.3 Å². The number of hydrogen-bond acceptors (Lipinski definition) is 3. The van der Waals surface area contributed by atoms with Crippen molar-refractivity contribution in [1.82, 2.24) is 10.3 Å². The maximum Gasteiger partial charge on any atom is 0.0943 e. The smallest absolute Gasteiger partial charge is 0.0943 e. The molecule has 0 fully saturated rings. The van der Waals surface area contributed by atoms with Gasteiger partial charge in [0.1, 0.15) is 0 Å². The Hall–Kier alpha value is -0.410. The maximum atomic E-state index is 4.73. The molecular weight excluding hydrogens is 204 g/mol. The van der Waals surface area contributed by atoms with E-state index in [2.05, 4.69) is 19.2 Å². The topological polar surface area (TPSA) is 24.9 Å². The Morgan fingerprint density at radius 1 is 1.47 bits per heavy atom. The summed E-state index contributed by atoms with van der Waals surface area (Å²) in [4.78, 5) is 6.27. The molecule has 0 saturated heterocycles. The van der Waals surface area contributed by atoms with Crippen LogP contribution in [0.1, 0.15) is 35.8 Å². The summed E-state index contributed by atoms with van der Waals surface area (Å²) in [5.74, 6) is 0. The molecule has 84 valence electrons. The van der Waals surface area contributed by atoms with Crippen LogP contribution < -0.4 is 5.32 Å². The molecule has 0 bridgehead atoms.